The molecular weight excluding hydrogens is 204 g/mol. The summed E-state index contributed by atoms with van der Waals surface area (Å²) in [6.45, 7) is 0. The van der Waals surface area contributed by atoms with Gasteiger partial charge in [-0.05, 0) is 12.1 Å². The first kappa shape index (κ1) is 11.2. The number of hydrogen-bond donors (Lipinski definition) is 3. The Hall–Kier alpha value is -0.780. The van der Waals surface area contributed by atoms with E-state index in [4.69, 9.17) is 29.7 Å². The summed E-state index contributed by atoms with van der Waals surface area (Å²) in [6, 6.07) is 6.67. The van der Waals surface area contributed by atoms with Gasteiger partial charge in [0.05, 0.1) is 5.02 Å². The first-order valence-corrected chi connectivity index (χ1v) is 4.31. The third-order valence-electron chi connectivity index (χ3n) is 0.852. The number of thiol groups is 1. The summed E-state index contributed by atoms with van der Waals surface area (Å²) in [4.78, 5) is 0. The molecule has 0 saturated heterocycles. The first-order valence-electron chi connectivity index (χ1n) is 2.81. The van der Waals surface area contributed by atoms with Gasteiger partial charge in [0, 0.05) is 0 Å². The molecule has 0 radical (unpaired) electrons. The minimum atomic E-state index is -3.12. The zero-order valence-electron chi connectivity index (χ0n) is 5.85. The van der Waals surface area contributed by atoms with E-state index in [1.807, 2.05) is 0 Å². The van der Waals surface area contributed by atoms with Gasteiger partial charge in [-0.1, -0.05) is 23.7 Å². The summed E-state index contributed by atoms with van der Waals surface area (Å²) in [7, 11) is -3.12. The maximum Gasteiger partial charge on any atom is 0.254 e. The Morgan fingerprint density at radius 1 is 1.25 bits per heavy atom. The highest BCUT2D eigenvalue weighted by molar-refractivity contribution is 7.66. The van der Waals surface area contributed by atoms with Crippen molar-refractivity contribution in [3.8, 4) is 5.75 Å². The second kappa shape index (κ2) is 5.82. The van der Waals surface area contributed by atoms with Gasteiger partial charge in [-0.2, -0.15) is 0 Å². The summed E-state index contributed by atoms with van der Waals surface area (Å²) in [5, 5.41) is 9.18. The fourth-order valence-electron chi connectivity index (χ4n) is 0.452. The molecule has 0 amide bonds. The molecule has 0 fully saturated rings. The average molecular weight is 211 g/mol. The minimum absolute atomic E-state index is 0.133. The zero-order chi connectivity index (χ0) is 9.56. The van der Waals surface area contributed by atoms with Crippen molar-refractivity contribution >= 4 is 22.6 Å². The third-order valence-corrected chi connectivity index (χ3v) is 1.17. The molecule has 0 spiro atoms. The van der Waals surface area contributed by atoms with E-state index in [-0.39, 0.29) is 5.75 Å². The molecule has 4 nitrogen and oxygen atoms in total. The number of aromatic hydroxyl groups is 1. The van der Waals surface area contributed by atoms with Crippen LogP contribution in [0, 0.1) is 0 Å². The van der Waals surface area contributed by atoms with Crippen molar-refractivity contribution in [3.63, 3.8) is 0 Å². The van der Waals surface area contributed by atoms with Crippen molar-refractivity contribution in [1.29, 1.82) is 0 Å². The van der Waals surface area contributed by atoms with E-state index in [1.54, 1.807) is 24.3 Å². The Bertz CT molecular complexity index is 281. The van der Waals surface area contributed by atoms with Crippen LogP contribution in [0.2, 0.25) is 5.02 Å². The van der Waals surface area contributed by atoms with Crippen molar-refractivity contribution in [2.45, 2.75) is 0 Å². The van der Waals surface area contributed by atoms with E-state index < -0.39 is 11.0 Å². The molecule has 0 heterocycles. The Morgan fingerprint density at radius 3 is 1.92 bits per heavy atom. The predicted molar refractivity (Wildman–Crippen MR) is 46.1 cm³/mol. The minimum Gasteiger partial charge on any atom is -0.506 e. The summed E-state index contributed by atoms with van der Waals surface area (Å²) >= 11 is 5.46. The number of phenolic OH excluding ortho intramolecular Hbond substituents is 1. The fraction of sp³-hybridized carbons (Fsp3) is 0. The molecule has 0 aromatic heterocycles. The lowest BCUT2D eigenvalue weighted by Crippen LogP contribution is -1.62. The number of benzene rings is 1. The van der Waals surface area contributed by atoms with Gasteiger partial charge in [-0.15, -0.1) is 0 Å². The van der Waals surface area contributed by atoms with Crippen LogP contribution in [0.3, 0.4) is 0 Å². The molecule has 0 aliphatic carbocycles. The van der Waals surface area contributed by atoms with Gasteiger partial charge in [-0.3, -0.25) is 4.55 Å². The lowest BCUT2D eigenvalue weighted by atomic mass is 10.3. The molecule has 0 atom stereocenters. The molecule has 0 aliphatic heterocycles. The standard InChI is InChI=1S/C6H5ClO.H2O3S/c7-5-3-1-2-4-6(5)8;1-4(2)3/h1-4,8H;4H,(H,1,2,3). The second-order valence-electron chi connectivity index (χ2n) is 1.69. The number of rotatable bonds is 0. The Balaban J connectivity index is 0.000000261. The van der Waals surface area contributed by atoms with Crippen molar-refractivity contribution in [2.24, 2.45) is 0 Å². The van der Waals surface area contributed by atoms with Crippen LogP contribution in [0.4, 0.5) is 0 Å². The van der Waals surface area contributed by atoms with E-state index >= 15 is 0 Å². The maximum absolute atomic E-state index is 8.79. The predicted octanol–water partition coefficient (Wildman–Crippen LogP) is 1.12. The molecule has 1 aromatic carbocycles. The molecule has 0 unspecified atom stereocenters. The molecule has 0 saturated carbocycles. The molecule has 2 N–H and O–H groups in total. The van der Waals surface area contributed by atoms with Crippen LogP contribution in [0.25, 0.3) is 0 Å². The largest absolute Gasteiger partial charge is 0.506 e. The fourth-order valence-corrected chi connectivity index (χ4v) is 0.587. The van der Waals surface area contributed by atoms with E-state index in [9.17, 15) is 0 Å². The molecule has 0 aliphatic rings. The Labute approximate surface area is 76.2 Å². The number of halogens is 1. The van der Waals surface area contributed by atoms with Crippen LogP contribution >= 0.6 is 11.6 Å². The third kappa shape index (κ3) is 5.96. The van der Waals surface area contributed by atoms with Crippen LogP contribution in [0.15, 0.2) is 24.3 Å². The number of hydrogen-bond acceptors (Lipinski definition) is 3. The molecular formula is C6H7ClO4S. The first-order chi connectivity index (χ1) is 5.54. The van der Waals surface area contributed by atoms with E-state index in [1.165, 1.54) is 0 Å². The SMILES string of the molecule is O=[SH](=O)O.Oc1ccccc1Cl. The van der Waals surface area contributed by atoms with Crippen LogP contribution in [0.1, 0.15) is 0 Å². The van der Waals surface area contributed by atoms with Gasteiger partial charge < -0.3 is 5.11 Å². The summed E-state index contributed by atoms with van der Waals surface area (Å²) in [6.07, 6.45) is 0. The van der Waals surface area contributed by atoms with Crippen LogP contribution in [-0.4, -0.2) is 18.1 Å². The highest BCUT2D eigenvalue weighted by atomic mass is 35.5. The Morgan fingerprint density at radius 2 is 1.67 bits per heavy atom. The molecule has 12 heavy (non-hydrogen) atoms. The number of para-hydroxylation sites is 1. The second-order valence-corrected chi connectivity index (χ2v) is 2.57. The highest BCUT2D eigenvalue weighted by Crippen LogP contribution is 2.20. The van der Waals surface area contributed by atoms with Gasteiger partial charge in [0.1, 0.15) is 5.75 Å². The van der Waals surface area contributed by atoms with Gasteiger partial charge in [-0.25, -0.2) is 8.42 Å². The molecule has 6 heteroatoms. The quantitative estimate of drug-likeness (QED) is 0.443. The van der Waals surface area contributed by atoms with E-state index in [2.05, 4.69) is 0 Å². The molecule has 68 valence electrons. The molecule has 0 bridgehead atoms. The molecule has 1 aromatic rings. The normalized spacial score (nSPS) is 8.92. The summed E-state index contributed by atoms with van der Waals surface area (Å²) in [5.74, 6) is 0.133. The number of phenols is 1. The van der Waals surface area contributed by atoms with Crippen molar-refractivity contribution < 1.29 is 18.1 Å². The summed E-state index contributed by atoms with van der Waals surface area (Å²) < 4.78 is 24.2. The monoisotopic (exact) mass is 210 g/mol. The van der Waals surface area contributed by atoms with Gasteiger partial charge in [0.25, 0.3) is 11.0 Å². The van der Waals surface area contributed by atoms with Crippen LogP contribution in [-0.2, 0) is 11.0 Å². The topological polar surface area (TPSA) is 74.6 Å². The lowest BCUT2D eigenvalue weighted by molar-refractivity contribution is 0.475. The van der Waals surface area contributed by atoms with Crippen LogP contribution in [0.5, 0.6) is 5.75 Å². The highest BCUT2D eigenvalue weighted by Gasteiger charge is 1.89. The zero-order valence-corrected chi connectivity index (χ0v) is 7.50. The van der Waals surface area contributed by atoms with E-state index in [0.717, 1.165) is 0 Å². The smallest absolute Gasteiger partial charge is 0.254 e. The van der Waals surface area contributed by atoms with Crippen molar-refractivity contribution in [2.75, 3.05) is 0 Å². The Kier molecular flexibility index (Phi) is 5.44. The lowest BCUT2D eigenvalue weighted by Gasteiger charge is -1.89. The average Bonchev–Trinajstić information content (AvgIpc) is 1.94. The van der Waals surface area contributed by atoms with Crippen molar-refractivity contribution in [3.05, 3.63) is 29.3 Å². The summed E-state index contributed by atoms with van der Waals surface area (Å²) in [5.41, 5.74) is 0. The van der Waals surface area contributed by atoms with E-state index in [0.29, 0.717) is 5.02 Å². The van der Waals surface area contributed by atoms with Gasteiger partial charge in [0.2, 0.25) is 0 Å². The van der Waals surface area contributed by atoms with Gasteiger partial charge in [0.15, 0.2) is 0 Å². The van der Waals surface area contributed by atoms with Gasteiger partial charge >= 0.3 is 0 Å². The van der Waals surface area contributed by atoms with Crippen molar-refractivity contribution in [1.82, 2.24) is 0 Å². The molecule has 1 rings (SSSR count). The maximum atomic E-state index is 8.79. The van der Waals surface area contributed by atoms with Crippen LogP contribution < -0.4 is 0 Å².